The van der Waals surface area contributed by atoms with Crippen LogP contribution in [0.2, 0.25) is 0 Å². The van der Waals surface area contributed by atoms with E-state index in [0.717, 1.165) is 42.8 Å². The monoisotopic (exact) mass is 437 g/mol. The van der Waals surface area contributed by atoms with Crippen LogP contribution in [0.4, 0.5) is 0 Å². The molecule has 1 heterocycles. The first kappa shape index (κ1) is 23.8. The van der Waals surface area contributed by atoms with Gasteiger partial charge in [-0.15, -0.1) is 0 Å². The van der Waals surface area contributed by atoms with E-state index in [2.05, 4.69) is 21.6 Å². The van der Waals surface area contributed by atoms with Gasteiger partial charge in [0, 0.05) is 17.7 Å². The quantitative estimate of drug-likeness (QED) is 0.627. The van der Waals surface area contributed by atoms with Gasteiger partial charge in [0.25, 0.3) is 5.91 Å². The van der Waals surface area contributed by atoms with Crippen molar-refractivity contribution in [1.82, 2.24) is 15.5 Å². The van der Waals surface area contributed by atoms with Gasteiger partial charge in [0.15, 0.2) is 0 Å². The van der Waals surface area contributed by atoms with Gasteiger partial charge in [-0.05, 0) is 57.0 Å². The Morgan fingerprint density at radius 3 is 2.31 bits per heavy atom. The van der Waals surface area contributed by atoms with Crippen molar-refractivity contribution in [3.8, 4) is 5.75 Å². The van der Waals surface area contributed by atoms with Gasteiger partial charge in [0.05, 0.1) is 13.2 Å². The maximum atomic E-state index is 13.1. The predicted molar refractivity (Wildman–Crippen MR) is 127 cm³/mol. The predicted octanol–water partition coefficient (Wildman–Crippen LogP) is 3.71. The number of rotatable bonds is 9. The number of ether oxygens (including phenoxy) is 1. The number of nitrogens with one attached hydrogen (secondary N) is 2. The molecule has 0 radical (unpaired) electrons. The maximum Gasteiger partial charge on any atom is 0.251 e. The molecule has 6 nitrogen and oxygen atoms in total. The van der Waals surface area contributed by atoms with E-state index < -0.39 is 6.04 Å². The molecule has 2 atom stereocenters. The van der Waals surface area contributed by atoms with Crippen molar-refractivity contribution in [2.24, 2.45) is 5.92 Å². The van der Waals surface area contributed by atoms with Crippen LogP contribution in [0.15, 0.2) is 48.5 Å². The van der Waals surface area contributed by atoms with E-state index in [1.54, 1.807) is 19.2 Å². The number of methoxy groups -OCH3 is 1. The highest BCUT2D eigenvalue weighted by molar-refractivity contribution is 5.97. The van der Waals surface area contributed by atoms with Crippen LogP contribution in [-0.2, 0) is 4.79 Å². The van der Waals surface area contributed by atoms with Crippen LogP contribution < -0.4 is 15.4 Å². The fraction of sp³-hybridized carbons (Fsp3) is 0.462. The molecule has 1 aliphatic heterocycles. The first-order valence-corrected chi connectivity index (χ1v) is 11.4. The van der Waals surface area contributed by atoms with E-state index in [4.69, 9.17) is 4.74 Å². The molecule has 2 aromatic carbocycles. The third-order valence-corrected chi connectivity index (χ3v) is 6.10. The van der Waals surface area contributed by atoms with E-state index in [1.807, 2.05) is 51.1 Å². The molecule has 2 N–H and O–H groups in total. The van der Waals surface area contributed by atoms with Gasteiger partial charge >= 0.3 is 0 Å². The van der Waals surface area contributed by atoms with Crippen molar-refractivity contribution in [2.75, 3.05) is 26.7 Å². The second-order valence-corrected chi connectivity index (χ2v) is 8.81. The molecule has 0 bridgehead atoms. The molecular formula is C26H35N3O3. The lowest BCUT2D eigenvalue weighted by Crippen LogP contribution is -2.51. The van der Waals surface area contributed by atoms with Crippen LogP contribution in [0.3, 0.4) is 0 Å². The fourth-order valence-corrected chi connectivity index (χ4v) is 4.20. The summed E-state index contributed by atoms with van der Waals surface area (Å²) in [5, 5.41) is 6.02. The van der Waals surface area contributed by atoms with Gasteiger partial charge in [0.1, 0.15) is 11.8 Å². The summed E-state index contributed by atoms with van der Waals surface area (Å²) in [6.07, 6.45) is 2.31. The first-order valence-electron chi connectivity index (χ1n) is 11.4. The molecule has 3 rings (SSSR count). The Bertz CT molecular complexity index is 905. The molecule has 0 saturated carbocycles. The Morgan fingerprint density at radius 1 is 1.03 bits per heavy atom. The molecule has 0 aliphatic carbocycles. The summed E-state index contributed by atoms with van der Waals surface area (Å²) in [5.41, 5.74) is 2.71. The summed E-state index contributed by atoms with van der Waals surface area (Å²) in [6.45, 7) is 8.32. The average Bonchev–Trinajstić information content (AvgIpc) is 3.32. The van der Waals surface area contributed by atoms with Gasteiger partial charge in [-0.25, -0.2) is 0 Å². The normalized spacial score (nSPS) is 15.9. The zero-order valence-corrected chi connectivity index (χ0v) is 19.6. The number of benzene rings is 2. The van der Waals surface area contributed by atoms with E-state index >= 15 is 0 Å². The smallest absolute Gasteiger partial charge is 0.251 e. The highest BCUT2D eigenvalue weighted by atomic mass is 16.5. The van der Waals surface area contributed by atoms with E-state index in [-0.39, 0.29) is 23.8 Å². The van der Waals surface area contributed by atoms with Crippen molar-refractivity contribution < 1.29 is 14.3 Å². The highest BCUT2D eigenvalue weighted by Crippen LogP contribution is 2.31. The Kier molecular flexibility index (Phi) is 8.28. The lowest BCUT2D eigenvalue weighted by Gasteiger charge is -2.30. The van der Waals surface area contributed by atoms with E-state index in [1.165, 1.54) is 0 Å². The van der Waals surface area contributed by atoms with Gasteiger partial charge in [-0.1, -0.05) is 49.7 Å². The molecule has 1 saturated heterocycles. The second kappa shape index (κ2) is 11.1. The largest absolute Gasteiger partial charge is 0.496 e. The summed E-state index contributed by atoms with van der Waals surface area (Å²) >= 11 is 0. The van der Waals surface area contributed by atoms with Crippen molar-refractivity contribution in [1.29, 1.82) is 0 Å². The average molecular weight is 438 g/mol. The molecule has 2 aromatic rings. The SMILES string of the molecule is COc1ccccc1[C@H](CNC(=O)[C@@H](NC(=O)c1ccc(C)cc1)C(C)C)N1CCCC1. The summed E-state index contributed by atoms with van der Waals surface area (Å²) in [4.78, 5) is 28.2. The van der Waals surface area contributed by atoms with Crippen LogP contribution in [-0.4, -0.2) is 49.5 Å². The first-order chi connectivity index (χ1) is 15.4. The van der Waals surface area contributed by atoms with Crippen LogP contribution >= 0.6 is 0 Å². The van der Waals surface area contributed by atoms with Gasteiger partial charge in [-0.3, -0.25) is 14.5 Å². The van der Waals surface area contributed by atoms with E-state index in [0.29, 0.717) is 12.1 Å². The molecule has 1 aliphatic rings. The minimum atomic E-state index is -0.610. The van der Waals surface area contributed by atoms with Crippen molar-refractivity contribution in [2.45, 2.75) is 45.7 Å². The van der Waals surface area contributed by atoms with Crippen LogP contribution in [0, 0.1) is 12.8 Å². The Labute approximate surface area is 191 Å². The van der Waals surface area contributed by atoms with Crippen molar-refractivity contribution >= 4 is 11.8 Å². The summed E-state index contributed by atoms with van der Waals surface area (Å²) in [6, 6.07) is 14.8. The van der Waals surface area contributed by atoms with Gasteiger partial charge in [-0.2, -0.15) is 0 Å². The van der Waals surface area contributed by atoms with Crippen molar-refractivity contribution in [3.63, 3.8) is 0 Å². The number of carbonyl (C=O) groups excluding carboxylic acids is 2. The molecule has 2 amide bonds. The number of likely N-dealkylation sites (tertiary alicyclic amines) is 1. The summed E-state index contributed by atoms with van der Waals surface area (Å²) in [7, 11) is 1.67. The molecule has 6 heteroatoms. The number of para-hydroxylation sites is 1. The number of aryl methyl sites for hydroxylation is 1. The molecule has 1 fully saturated rings. The second-order valence-electron chi connectivity index (χ2n) is 8.81. The number of nitrogens with zero attached hydrogens (tertiary/aromatic N) is 1. The maximum absolute atomic E-state index is 13.1. The highest BCUT2D eigenvalue weighted by Gasteiger charge is 2.29. The number of amides is 2. The fourth-order valence-electron chi connectivity index (χ4n) is 4.20. The van der Waals surface area contributed by atoms with Crippen LogP contribution in [0.5, 0.6) is 5.75 Å². The molecular weight excluding hydrogens is 402 g/mol. The lowest BCUT2D eigenvalue weighted by atomic mass is 10.0. The zero-order valence-electron chi connectivity index (χ0n) is 19.6. The molecule has 172 valence electrons. The third-order valence-electron chi connectivity index (χ3n) is 6.10. The standard InChI is InChI=1S/C26H35N3O3/c1-18(2)24(28-25(30)20-13-11-19(3)12-14-20)26(31)27-17-22(29-15-7-8-16-29)21-9-5-6-10-23(21)32-4/h5-6,9-14,18,22,24H,7-8,15-17H2,1-4H3,(H,27,31)(H,28,30)/t22-,24-/m0/s1. The van der Waals surface area contributed by atoms with E-state index in [9.17, 15) is 9.59 Å². The summed E-state index contributed by atoms with van der Waals surface area (Å²) < 4.78 is 5.59. The Hall–Kier alpha value is -2.86. The third kappa shape index (κ3) is 5.88. The minimum Gasteiger partial charge on any atom is -0.496 e. The molecule has 32 heavy (non-hydrogen) atoms. The van der Waals surface area contributed by atoms with Crippen LogP contribution in [0.1, 0.15) is 54.2 Å². The Balaban J connectivity index is 1.71. The molecule has 0 unspecified atom stereocenters. The number of hydrogen-bond acceptors (Lipinski definition) is 4. The molecule has 0 spiro atoms. The zero-order chi connectivity index (χ0) is 23.1. The number of carbonyl (C=O) groups is 2. The lowest BCUT2D eigenvalue weighted by molar-refractivity contribution is -0.124. The van der Waals surface area contributed by atoms with Crippen LogP contribution in [0.25, 0.3) is 0 Å². The number of hydrogen-bond donors (Lipinski definition) is 2. The van der Waals surface area contributed by atoms with Gasteiger partial charge < -0.3 is 15.4 Å². The van der Waals surface area contributed by atoms with Crippen molar-refractivity contribution in [3.05, 3.63) is 65.2 Å². The Morgan fingerprint density at radius 2 is 1.69 bits per heavy atom. The summed E-state index contributed by atoms with van der Waals surface area (Å²) in [5.74, 6) is 0.381. The topological polar surface area (TPSA) is 70.7 Å². The molecule has 0 aromatic heterocycles. The minimum absolute atomic E-state index is 0.0261. The van der Waals surface area contributed by atoms with Gasteiger partial charge in [0.2, 0.25) is 5.91 Å².